The fraction of sp³-hybridized carbons (Fsp3) is 0.357. The van der Waals surface area contributed by atoms with E-state index in [4.69, 9.17) is 10.2 Å². The highest BCUT2D eigenvalue weighted by molar-refractivity contribution is 5.95. The molecule has 1 saturated heterocycles. The summed E-state index contributed by atoms with van der Waals surface area (Å²) in [5, 5.41) is 0. The Labute approximate surface area is 115 Å². The molecule has 1 fully saturated rings. The predicted molar refractivity (Wildman–Crippen MR) is 72.4 cm³/mol. The third-order valence-electron chi connectivity index (χ3n) is 3.38. The number of amides is 2. The first-order chi connectivity index (χ1) is 9.63. The molecular weight excluding hydrogens is 258 g/mol. The van der Waals surface area contributed by atoms with Gasteiger partial charge in [0.05, 0.1) is 0 Å². The molecule has 0 saturated carbocycles. The number of carbonyl (C=O) groups excluding carboxylic acids is 2. The third kappa shape index (κ3) is 2.36. The van der Waals surface area contributed by atoms with Crippen molar-refractivity contribution in [1.82, 2.24) is 9.88 Å². The number of anilines is 1. The molecular formula is C14H15N3O3. The van der Waals surface area contributed by atoms with E-state index in [9.17, 15) is 9.59 Å². The number of nitrogens with zero attached hydrogens (tertiary/aromatic N) is 2. The van der Waals surface area contributed by atoms with E-state index in [-0.39, 0.29) is 18.4 Å². The average molecular weight is 273 g/mol. The quantitative estimate of drug-likeness (QED) is 0.666. The second kappa shape index (κ2) is 4.96. The van der Waals surface area contributed by atoms with Crippen molar-refractivity contribution in [3.05, 3.63) is 24.1 Å². The Morgan fingerprint density at radius 1 is 1.20 bits per heavy atom. The van der Waals surface area contributed by atoms with E-state index in [1.165, 1.54) is 4.90 Å². The molecule has 0 spiro atoms. The summed E-state index contributed by atoms with van der Waals surface area (Å²) in [7, 11) is 0. The van der Waals surface area contributed by atoms with Gasteiger partial charge in [0.15, 0.2) is 5.58 Å². The van der Waals surface area contributed by atoms with Crippen molar-refractivity contribution in [2.75, 3.05) is 5.73 Å². The lowest BCUT2D eigenvalue weighted by Gasteiger charge is -2.16. The van der Waals surface area contributed by atoms with Crippen LogP contribution in [-0.4, -0.2) is 21.7 Å². The van der Waals surface area contributed by atoms with Crippen LogP contribution >= 0.6 is 0 Å². The van der Waals surface area contributed by atoms with Gasteiger partial charge in [-0.05, 0) is 31.0 Å². The molecule has 2 aromatic rings. The van der Waals surface area contributed by atoms with Gasteiger partial charge in [-0.25, -0.2) is 4.98 Å². The van der Waals surface area contributed by atoms with E-state index >= 15 is 0 Å². The Hall–Kier alpha value is -2.37. The van der Waals surface area contributed by atoms with Gasteiger partial charge in [0, 0.05) is 18.5 Å². The first-order valence-corrected chi connectivity index (χ1v) is 6.61. The monoisotopic (exact) mass is 273 g/mol. The van der Waals surface area contributed by atoms with Crippen molar-refractivity contribution in [3.8, 4) is 0 Å². The Kier molecular flexibility index (Phi) is 3.14. The van der Waals surface area contributed by atoms with Gasteiger partial charge in [-0.3, -0.25) is 14.5 Å². The van der Waals surface area contributed by atoms with Gasteiger partial charge >= 0.3 is 0 Å². The largest absolute Gasteiger partial charge is 0.439 e. The normalized spacial score (nSPS) is 16.7. The van der Waals surface area contributed by atoms with Crippen molar-refractivity contribution in [2.45, 2.75) is 32.2 Å². The minimum atomic E-state index is -0.158. The van der Waals surface area contributed by atoms with Crippen LogP contribution in [0.5, 0.6) is 0 Å². The Bertz CT molecular complexity index is 659. The fourth-order valence-corrected chi connectivity index (χ4v) is 2.33. The molecule has 1 aromatic carbocycles. The summed E-state index contributed by atoms with van der Waals surface area (Å²) in [5.41, 5.74) is 7.51. The van der Waals surface area contributed by atoms with Crippen LogP contribution in [0.3, 0.4) is 0 Å². The molecule has 1 aliphatic rings. The summed E-state index contributed by atoms with van der Waals surface area (Å²) in [5.74, 6) is 0.0396. The number of fused-ring (bicyclic) bond motifs is 1. The molecule has 2 amide bonds. The maximum atomic E-state index is 11.9. The van der Waals surface area contributed by atoms with E-state index < -0.39 is 0 Å². The number of rotatable bonds is 2. The van der Waals surface area contributed by atoms with Crippen molar-refractivity contribution in [1.29, 1.82) is 0 Å². The number of carbonyl (C=O) groups is 2. The molecule has 6 nitrogen and oxygen atoms in total. The number of aromatic nitrogens is 1. The molecule has 1 aromatic heterocycles. The number of hydrogen-bond donors (Lipinski definition) is 1. The minimum Gasteiger partial charge on any atom is -0.439 e. The number of imide groups is 1. The van der Waals surface area contributed by atoms with Crippen LogP contribution in [0.15, 0.2) is 22.6 Å². The van der Waals surface area contributed by atoms with Gasteiger partial charge in [-0.15, -0.1) is 0 Å². The van der Waals surface area contributed by atoms with Gasteiger partial charge < -0.3 is 10.2 Å². The molecule has 3 rings (SSSR count). The van der Waals surface area contributed by atoms with Crippen LogP contribution in [-0.2, 0) is 16.1 Å². The Balaban J connectivity index is 1.87. The number of nitrogen functional groups attached to an aromatic ring is 1. The van der Waals surface area contributed by atoms with Gasteiger partial charge in [-0.2, -0.15) is 0 Å². The topological polar surface area (TPSA) is 89.4 Å². The summed E-state index contributed by atoms with van der Waals surface area (Å²) < 4.78 is 5.55. The smallest absolute Gasteiger partial charge is 0.229 e. The fourth-order valence-electron chi connectivity index (χ4n) is 2.33. The van der Waals surface area contributed by atoms with E-state index in [0.717, 1.165) is 12.8 Å². The molecule has 0 aliphatic carbocycles. The predicted octanol–water partition coefficient (Wildman–Crippen LogP) is 1.84. The number of nitrogens with two attached hydrogens (primary N) is 1. The van der Waals surface area contributed by atoms with Crippen molar-refractivity contribution >= 4 is 28.6 Å². The zero-order valence-corrected chi connectivity index (χ0v) is 11.0. The average Bonchev–Trinajstić information content (AvgIpc) is 2.74. The van der Waals surface area contributed by atoms with Crippen LogP contribution in [0.4, 0.5) is 5.69 Å². The second-order valence-corrected chi connectivity index (χ2v) is 4.92. The second-order valence-electron chi connectivity index (χ2n) is 4.92. The highest BCUT2D eigenvalue weighted by atomic mass is 16.3. The molecule has 20 heavy (non-hydrogen) atoms. The molecule has 6 heteroatoms. The third-order valence-corrected chi connectivity index (χ3v) is 3.38. The molecule has 2 N–H and O–H groups in total. The summed E-state index contributed by atoms with van der Waals surface area (Å²) in [6, 6.07) is 5.15. The standard InChI is InChI=1S/C14H15N3O3/c15-9-5-6-11-10(7-9)16-12(20-11)8-17-13(18)3-1-2-4-14(17)19/h5-7H,1-4,8,15H2. The van der Waals surface area contributed by atoms with Crippen LogP contribution in [0.25, 0.3) is 11.1 Å². The summed E-state index contributed by atoms with van der Waals surface area (Å²) in [6.07, 6.45) is 2.31. The van der Waals surface area contributed by atoms with E-state index in [0.29, 0.717) is 35.5 Å². The van der Waals surface area contributed by atoms with E-state index in [2.05, 4.69) is 4.98 Å². The van der Waals surface area contributed by atoms with E-state index in [1.807, 2.05) is 0 Å². The molecule has 1 aliphatic heterocycles. The van der Waals surface area contributed by atoms with Gasteiger partial charge in [0.2, 0.25) is 17.7 Å². The van der Waals surface area contributed by atoms with Crippen molar-refractivity contribution < 1.29 is 14.0 Å². The Morgan fingerprint density at radius 3 is 2.60 bits per heavy atom. The van der Waals surface area contributed by atoms with Gasteiger partial charge in [-0.1, -0.05) is 0 Å². The maximum absolute atomic E-state index is 11.9. The molecule has 2 heterocycles. The van der Waals surface area contributed by atoms with Crippen LogP contribution in [0.2, 0.25) is 0 Å². The number of likely N-dealkylation sites (tertiary alicyclic amines) is 1. The highest BCUT2D eigenvalue weighted by Gasteiger charge is 2.25. The summed E-state index contributed by atoms with van der Waals surface area (Å²) in [4.78, 5) is 29.3. The van der Waals surface area contributed by atoms with Crippen LogP contribution in [0.1, 0.15) is 31.6 Å². The molecule has 0 unspecified atom stereocenters. The lowest BCUT2D eigenvalue weighted by atomic mass is 10.2. The zero-order valence-electron chi connectivity index (χ0n) is 11.0. The van der Waals surface area contributed by atoms with Crippen LogP contribution < -0.4 is 5.73 Å². The van der Waals surface area contributed by atoms with Gasteiger partial charge in [0.25, 0.3) is 0 Å². The zero-order chi connectivity index (χ0) is 14.1. The highest BCUT2D eigenvalue weighted by Crippen LogP contribution is 2.21. The molecule has 0 radical (unpaired) electrons. The summed E-state index contributed by atoms with van der Waals surface area (Å²) >= 11 is 0. The number of oxazole rings is 1. The molecule has 0 atom stereocenters. The maximum Gasteiger partial charge on any atom is 0.229 e. The summed E-state index contributed by atoms with van der Waals surface area (Å²) in [6.45, 7) is 0.0895. The molecule has 0 bridgehead atoms. The van der Waals surface area contributed by atoms with E-state index in [1.54, 1.807) is 18.2 Å². The van der Waals surface area contributed by atoms with Crippen molar-refractivity contribution in [2.24, 2.45) is 0 Å². The first-order valence-electron chi connectivity index (χ1n) is 6.61. The lowest BCUT2D eigenvalue weighted by Crippen LogP contribution is -2.34. The lowest BCUT2D eigenvalue weighted by molar-refractivity contribution is -0.144. The van der Waals surface area contributed by atoms with Crippen LogP contribution in [0, 0.1) is 0 Å². The number of benzene rings is 1. The van der Waals surface area contributed by atoms with Gasteiger partial charge in [0.1, 0.15) is 12.1 Å². The van der Waals surface area contributed by atoms with Crippen molar-refractivity contribution in [3.63, 3.8) is 0 Å². The number of hydrogen-bond acceptors (Lipinski definition) is 5. The minimum absolute atomic E-state index is 0.0895. The molecule has 104 valence electrons. The first kappa shape index (κ1) is 12.7. The Morgan fingerprint density at radius 2 is 1.90 bits per heavy atom. The SMILES string of the molecule is Nc1ccc2oc(CN3C(=O)CCCCC3=O)nc2c1.